The van der Waals surface area contributed by atoms with Gasteiger partial charge in [-0.1, -0.05) is 6.92 Å². The number of anilines is 2. The summed E-state index contributed by atoms with van der Waals surface area (Å²) >= 11 is 0. The zero-order valence-corrected chi connectivity index (χ0v) is 13.2. The van der Waals surface area contributed by atoms with E-state index in [1.165, 1.54) is 30.3 Å². The molecular weight excluding hydrogens is 312 g/mol. The molecule has 0 atom stereocenters. The second-order valence-corrected chi connectivity index (χ2v) is 6.60. The number of rotatable bonds is 5. The van der Waals surface area contributed by atoms with Crippen molar-refractivity contribution >= 4 is 21.2 Å². The van der Waals surface area contributed by atoms with E-state index in [0.717, 1.165) is 0 Å². The van der Waals surface area contributed by atoms with Crippen molar-refractivity contribution in [3.63, 3.8) is 0 Å². The molecule has 0 radical (unpaired) electrons. The van der Waals surface area contributed by atoms with Crippen molar-refractivity contribution in [2.24, 2.45) is 0 Å². The summed E-state index contributed by atoms with van der Waals surface area (Å²) in [4.78, 5) is 0.362. The Morgan fingerprint density at radius 2 is 1.52 bits per heavy atom. The molecule has 2 aromatic rings. The molecule has 2 rings (SSSR count). The molecule has 0 saturated carbocycles. The van der Waals surface area contributed by atoms with E-state index in [1.54, 1.807) is 18.3 Å². The van der Waals surface area contributed by atoms with Crippen molar-refractivity contribution in [2.45, 2.75) is 23.1 Å². The fourth-order valence-electron chi connectivity index (χ4n) is 2.17. The fourth-order valence-corrected chi connectivity index (χ4v) is 3.71. The SMILES string of the molecule is CCc1cc(NC#N)ccc1S(=O)(=O)c1ccc(NC#N)cc1. The predicted molar refractivity (Wildman–Crippen MR) is 86.2 cm³/mol. The second-order valence-electron chi connectivity index (χ2n) is 4.68. The van der Waals surface area contributed by atoms with Crippen molar-refractivity contribution in [3.05, 3.63) is 48.0 Å². The van der Waals surface area contributed by atoms with Crippen molar-refractivity contribution < 1.29 is 8.42 Å². The van der Waals surface area contributed by atoms with Gasteiger partial charge in [-0.3, -0.25) is 10.6 Å². The van der Waals surface area contributed by atoms with Crippen LogP contribution in [-0.2, 0) is 16.3 Å². The monoisotopic (exact) mass is 326 g/mol. The lowest BCUT2D eigenvalue weighted by Crippen LogP contribution is -2.06. The van der Waals surface area contributed by atoms with Gasteiger partial charge in [0.05, 0.1) is 9.79 Å². The smallest absolute Gasteiger partial charge is 0.206 e. The molecule has 0 unspecified atom stereocenters. The Morgan fingerprint density at radius 3 is 2.09 bits per heavy atom. The van der Waals surface area contributed by atoms with Gasteiger partial charge < -0.3 is 0 Å². The summed E-state index contributed by atoms with van der Waals surface area (Å²) in [5, 5.41) is 22.1. The van der Waals surface area contributed by atoms with E-state index >= 15 is 0 Å². The van der Waals surface area contributed by atoms with Crippen LogP contribution in [0.2, 0.25) is 0 Å². The van der Waals surface area contributed by atoms with Crippen LogP contribution < -0.4 is 10.6 Å². The number of hydrogen-bond donors (Lipinski definition) is 2. The normalized spacial score (nSPS) is 10.4. The molecular formula is C16H14N4O2S. The standard InChI is InChI=1S/C16H14N4O2S/c1-2-12-9-14(20-11-18)5-8-16(12)23(21,22)15-6-3-13(4-7-15)19-10-17/h3-9,19-20H,2H2,1H3. The van der Waals surface area contributed by atoms with Gasteiger partial charge in [-0.05, 0) is 54.4 Å². The summed E-state index contributed by atoms with van der Waals surface area (Å²) in [5.41, 5.74) is 1.71. The molecule has 0 aromatic heterocycles. The summed E-state index contributed by atoms with van der Waals surface area (Å²) in [6.45, 7) is 1.85. The summed E-state index contributed by atoms with van der Waals surface area (Å²) in [6, 6.07) is 10.7. The number of nitrogens with one attached hydrogen (secondary N) is 2. The molecule has 7 heteroatoms. The van der Waals surface area contributed by atoms with Crippen LogP contribution in [0.4, 0.5) is 11.4 Å². The Balaban J connectivity index is 2.47. The van der Waals surface area contributed by atoms with Crippen LogP contribution in [0.5, 0.6) is 0 Å². The van der Waals surface area contributed by atoms with E-state index in [4.69, 9.17) is 10.5 Å². The average Bonchev–Trinajstić information content (AvgIpc) is 2.55. The van der Waals surface area contributed by atoms with Crippen LogP contribution in [0.1, 0.15) is 12.5 Å². The van der Waals surface area contributed by atoms with Crippen molar-refractivity contribution in [3.8, 4) is 12.4 Å². The minimum Gasteiger partial charge on any atom is -0.293 e. The number of benzene rings is 2. The van der Waals surface area contributed by atoms with Crippen LogP contribution in [0.3, 0.4) is 0 Å². The lowest BCUT2D eigenvalue weighted by Gasteiger charge is -2.11. The summed E-state index contributed by atoms with van der Waals surface area (Å²) in [7, 11) is -3.67. The molecule has 0 amide bonds. The first-order valence-corrected chi connectivity index (χ1v) is 8.29. The topological polar surface area (TPSA) is 106 Å². The van der Waals surface area contributed by atoms with E-state index in [-0.39, 0.29) is 9.79 Å². The zero-order chi connectivity index (χ0) is 16.9. The minimum absolute atomic E-state index is 0.150. The lowest BCUT2D eigenvalue weighted by molar-refractivity contribution is 0.595. The Morgan fingerprint density at radius 1 is 0.957 bits per heavy atom. The van der Waals surface area contributed by atoms with Crippen LogP contribution in [0.25, 0.3) is 0 Å². The largest absolute Gasteiger partial charge is 0.293 e. The highest BCUT2D eigenvalue weighted by molar-refractivity contribution is 7.91. The van der Waals surface area contributed by atoms with E-state index < -0.39 is 9.84 Å². The summed E-state index contributed by atoms with van der Waals surface area (Å²) in [5.74, 6) is 0. The molecule has 0 heterocycles. The Labute approximate surface area is 134 Å². The number of nitriles is 2. The van der Waals surface area contributed by atoms with Gasteiger partial charge in [-0.25, -0.2) is 8.42 Å². The molecule has 2 aromatic carbocycles. The van der Waals surface area contributed by atoms with Crippen LogP contribution in [0.15, 0.2) is 52.3 Å². The molecule has 0 aliphatic rings. The van der Waals surface area contributed by atoms with E-state index in [9.17, 15) is 8.42 Å². The highest BCUT2D eigenvalue weighted by Gasteiger charge is 2.21. The molecule has 0 aliphatic heterocycles. The average molecular weight is 326 g/mol. The van der Waals surface area contributed by atoms with Gasteiger partial charge in [0, 0.05) is 11.4 Å². The van der Waals surface area contributed by atoms with Gasteiger partial charge >= 0.3 is 0 Å². The second kappa shape index (κ2) is 6.82. The van der Waals surface area contributed by atoms with E-state index in [1.807, 2.05) is 13.1 Å². The number of aryl methyl sites for hydroxylation is 1. The van der Waals surface area contributed by atoms with Gasteiger partial charge in [0.1, 0.15) is 0 Å². The first-order chi connectivity index (χ1) is 11.0. The predicted octanol–water partition coefficient (Wildman–Crippen LogP) is 2.87. The maximum Gasteiger partial charge on any atom is 0.206 e. The molecule has 23 heavy (non-hydrogen) atoms. The molecule has 6 nitrogen and oxygen atoms in total. The number of hydrogen-bond acceptors (Lipinski definition) is 6. The molecule has 0 fully saturated rings. The summed E-state index contributed by atoms with van der Waals surface area (Å²) < 4.78 is 25.6. The highest BCUT2D eigenvalue weighted by Crippen LogP contribution is 2.27. The van der Waals surface area contributed by atoms with Gasteiger partial charge in [0.25, 0.3) is 0 Å². The van der Waals surface area contributed by atoms with Gasteiger partial charge in [-0.15, -0.1) is 0 Å². The molecule has 0 aliphatic carbocycles. The Bertz CT molecular complexity index is 891. The minimum atomic E-state index is -3.67. The first kappa shape index (κ1) is 16.3. The van der Waals surface area contributed by atoms with Crippen molar-refractivity contribution in [1.82, 2.24) is 0 Å². The third-order valence-corrected chi connectivity index (χ3v) is 5.17. The van der Waals surface area contributed by atoms with Crippen molar-refractivity contribution in [1.29, 1.82) is 10.5 Å². The highest BCUT2D eigenvalue weighted by atomic mass is 32.2. The third kappa shape index (κ3) is 3.42. The molecule has 0 spiro atoms. The number of sulfone groups is 1. The zero-order valence-electron chi connectivity index (χ0n) is 12.4. The quantitative estimate of drug-likeness (QED) is 0.646. The Kier molecular flexibility index (Phi) is 4.85. The fraction of sp³-hybridized carbons (Fsp3) is 0.125. The molecule has 0 bridgehead atoms. The van der Waals surface area contributed by atoms with E-state index in [2.05, 4.69) is 10.6 Å². The van der Waals surface area contributed by atoms with E-state index in [0.29, 0.717) is 23.4 Å². The Hall–Kier alpha value is -3.03. The molecule has 2 N–H and O–H groups in total. The molecule has 0 saturated heterocycles. The van der Waals surface area contributed by atoms with Crippen LogP contribution >= 0.6 is 0 Å². The first-order valence-electron chi connectivity index (χ1n) is 6.81. The van der Waals surface area contributed by atoms with Crippen LogP contribution in [0, 0.1) is 22.9 Å². The maximum absolute atomic E-state index is 12.8. The molecule has 116 valence electrons. The lowest BCUT2D eigenvalue weighted by atomic mass is 10.1. The maximum atomic E-state index is 12.8. The summed E-state index contributed by atoms with van der Waals surface area (Å²) in [6.07, 6.45) is 4.11. The third-order valence-electron chi connectivity index (χ3n) is 3.30. The van der Waals surface area contributed by atoms with Crippen LogP contribution in [-0.4, -0.2) is 8.42 Å². The van der Waals surface area contributed by atoms with Crippen molar-refractivity contribution in [2.75, 3.05) is 10.6 Å². The van der Waals surface area contributed by atoms with Gasteiger partial charge in [0.15, 0.2) is 12.4 Å². The van der Waals surface area contributed by atoms with Gasteiger partial charge in [-0.2, -0.15) is 10.5 Å². The van der Waals surface area contributed by atoms with Gasteiger partial charge in [0.2, 0.25) is 9.84 Å². The number of nitrogens with zero attached hydrogens (tertiary/aromatic N) is 2.